The van der Waals surface area contributed by atoms with Crippen molar-refractivity contribution in [1.82, 2.24) is 4.90 Å². The van der Waals surface area contributed by atoms with Crippen LogP contribution in [-0.4, -0.2) is 30.2 Å². The van der Waals surface area contributed by atoms with Crippen molar-refractivity contribution < 1.29 is 4.74 Å². The molecule has 2 saturated heterocycles. The van der Waals surface area contributed by atoms with Crippen molar-refractivity contribution in [2.45, 2.75) is 31.8 Å². The molecular formula is C9H15NO. The summed E-state index contributed by atoms with van der Waals surface area (Å²) in [6, 6.07) is 1.26. The lowest BCUT2D eigenvalue weighted by molar-refractivity contribution is 0.00376. The zero-order valence-electron chi connectivity index (χ0n) is 7.05. The number of hydrogen-bond acceptors (Lipinski definition) is 2. The van der Waals surface area contributed by atoms with Gasteiger partial charge in [-0.25, -0.2) is 0 Å². The lowest BCUT2D eigenvalue weighted by atomic mass is 10.2. The van der Waals surface area contributed by atoms with Crippen LogP contribution in [-0.2, 0) is 4.74 Å². The zero-order chi connectivity index (χ0) is 7.84. The van der Waals surface area contributed by atoms with E-state index in [1.165, 1.54) is 18.5 Å². The van der Waals surface area contributed by atoms with E-state index >= 15 is 0 Å². The second kappa shape index (κ2) is 2.52. The minimum atomic E-state index is 0.631. The Morgan fingerprint density at radius 3 is 2.27 bits per heavy atom. The standard InChI is InChI=1S/C9H15NO/c1-7(2)10-8-3-4-9(10)6-11-5-8/h8-9H,1,3-6H2,2H3. The van der Waals surface area contributed by atoms with E-state index in [4.69, 9.17) is 4.74 Å². The van der Waals surface area contributed by atoms with Crippen molar-refractivity contribution in [3.8, 4) is 0 Å². The molecule has 0 N–H and O–H groups in total. The predicted molar refractivity (Wildman–Crippen MR) is 44.3 cm³/mol. The van der Waals surface area contributed by atoms with E-state index in [0.717, 1.165) is 13.2 Å². The first-order chi connectivity index (χ1) is 5.29. The third-order valence-electron chi connectivity index (χ3n) is 2.68. The van der Waals surface area contributed by atoms with Crippen LogP contribution in [0.5, 0.6) is 0 Å². The van der Waals surface area contributed by atoms with Gasteiger partial charge in [0.1, 0.15) is 0 Å². The van der Waals surface area contributed by atoms with Gasteiger partial charge in [-0.15, -0.1) is 0 Å². The van der Waals surface area contributed by atoms with Gasteiger partial charge in [-0.2, -0.15) is 0 Å². The van der Waals surface area contributed by atoms with Gasteiger partial charge in [0.05, 0.1) is 25.3 Å². The predicted octanol–water partition coefficient (Wildman–Crippen LogP) is 1.38. The summed E-state index contributed by atoms with van der Waals surface area (Å²) in [7, 11) is 0. The Balaban J connectivity index is 2.15. The van der Waals surface area contributed by atoms with Gasteiger partial charge in [0.15, 0.2) is 0 Å². The molecule has 11 heavy (non-hydrogen) atoms. The number of fused-ring (bicyclic) bond motifs is 2. The number of hydrogen-bond donors (Lipinski definition) is 0. The van der Waals surface area contributed by atoms with Crippen LogP contribution in [0.25, 0.3) is 0 Å². The Kier molecular flexibility index (Phi) is 1.64. The maximum Gasteiger partial charge on any atom is 0.0671 e. The number of morpholine rings is 1. The average molecular weight is 153 g/mol. The molecule has 2 atom stereocenters. The molecule has 0 amide bonds. The molecule has 2 bridgehead atoms. The molecule has 0 radical (unpaired) electrons. The van der Waals surface area contributed by atoms with Gasteiger partial charge in [0.2, 0.25) is 0 Å². The molecule has 0 aliphatic carbocycles. The SMILES string of the molecule is C=C(C)N1C2CCC1COC2. The number of ether oxygens (including phenoxy) is 1. The maximum absolute atomic E-state index is 5.45. The molecule has 2 unspecified atom stereocenters. The van der Waals surface area contributed by atoms with Gasteiger partial charge >= 0.3 is 0 Å². The first-order valence-electron chi connectivity index (χ1n) is 4.30. The van der Waals surface area contributed by atoms with E-state index in [9.17, 15) is 0 Å². The summed E-state index contributed by atoms with van der Waals surface area (Å²) in [4.78, 5) is 2.43. The summed E-state index contributed by atoms with van der Waals surface area (Å²) in [5, 5.41) is 0. The van der Waals surface area contributed by atoms with E-state index in [1.54, 1.807) is 0 Å². The summed E-state index contributed by atoms with van der Waals surface area (Å²) in [6.07, 6.45) is 2.58. The molecular weight excluding hydrogens is 138 g/mol. The van der Waals surface area contributed by atoms with E-state index in [0.29, 0.717) is 12.1 Å². The molecule has 2 aliphatic rings. The number of allylic oxidation sites excluding steroid dienone is 1. The van der Waals surface area contributed by atoms with Crippen LogP contribution < -0.4 is 0 Å². The first-order valence-corrected chi connectivity index (χ1v) is 4.30. The summed E-state index contributed by atoms with van der Waals surface area (Å²) < 4.78 is 5.45. The van der Waals surface area contributed by atoms with Crippen LogP contribution >= 0.6 is 0 Å². The highest BCUT2D eigenvalue weighted by molar-refractivity contribution is 5.02. The van der Waals surface area contributed by atoms with Crippen molar-refractivity contribution in [2.75, 3.05) is 13.2 Å². The lowest BCUT2D eigenvalue weighted by Gasteiger charge is -2.36. The van der Waals surface area contributed by atoms with Crippen molar-refractivity contribution >= 4 is 0 Å². The van der Waals surface area contributed by atoms with E-state index in [2.05, 4.69) is 18.4 Å². The van der Waals surface area contributed by atoms with Crippen LogP contribution in [0, 0.1) is 0 Å². The van der Waals surface area contributed by atoms with Gasteiger partial charge in [-0.1, -0.05) is 6.58 Å². The van der Waals surface area contributed by atoms with Crippen molar-refractivity contribution in [2.24, 2.45) is 0 Å². The highest BCUT2D eigenvalue weighted by Crippen LogP contribution is 2.31. The Morgan fingerprint density at radius 1 is 1.36 bits per heavy atom. The van der Waals surface area contributed by atoms with E-state index < -0.39 is 0 Å². The summed E-state index contributed by atoms with van der Waals surface area (Å²) in [5.74, 6) is 0. The van der Waals surface area contributed by atoms with Gasteiger partial charge in [0, 0.05) is 5.70 Å². The molecule has 2 heterocycles. The van der Waals surface area contributed by atoms with Gasteiger partial charge in [0.25, 0.3) is 0 Å². The van der Waals surface area contributed by atoms with Crippen LogP contribution in [0.4, 0.5) is 0 Å². The van der Waals surface area contributed by atoms with Crippen LogP contribution in [0.1, 0.15) is 19.8 Å². The molecule has 0 aromatic rings. The Morgan fingerprint density at radius 2 is 1.91 bits per heavy atom. The van der Waals surface area contributed by atoms with Crippen molar-refractivity contribution in [1.29, 1.82) is 0 Å². The lowest BCUT2D eigenvalue weighted by Crippen LogP contribution is -2.44. The zero-order valence-corrected chi connectivity index (χ0v) is 7.05. The van der Waals surface area contributed by atoms with Gasteiger partial charge in [-0.05, 0) is 19.8 Å². The second-order valence-electron chi connectivity index (χ2n) is 3.56. The smallest absolute Gasteiger partial charge is 0.0671 e. The van der Waals surface area contributed by atoms with E-state index in [1.807, 2.05) is 0 Å². The monoisotopic (exact) mass is 153 g/mol. The normalized spacial score (nSPS) is 35.9. The quantitative estimate of drug-likeness (QED) is 0.564. The fourth-order valence-electron chi connectivity index (χ4n) is 2.25. The molecule has 2 aliphatic heterocycles. The first kappa shape index (κ1) is 7.17. The molecule has 62 valence electrons. The number of rotatable bonds is 1. The summed E-state index contributed by atoms with van der Waals surface area (Å²) >= 11 is 0. The van der Waals surface area contributed by atoms with Crippen LogP contribution in [0.2, 0.25) is 0 Å². The topological polar surface area (TPSA) is 12.5 Å². The third-order valence-corrected chi connectivity index (χ3v) is 2.68. The maximum atomic E-state index is 5.45. The second-order valence-corrected chi connectivity index (χ2v) is 3.56. The third kappa shape index (κ3) is 1.06. The van der Waals surface area contributed by atoms with E-state index in [-0.39, 0.29) is 0 Å². The van der Waals surface area contributed by atoms with Crippen LogP contribution in [0.3, 0.4) is 0 Å². The minimum Gasteiger partial charge on any atom is -0.377 e. The molecule has 2 nitrogen and oxygen atoms in total. The Hall–Kier alpha value is -0.500. The number of nitrogens with zero attached hydrogens (tertiary/aromatic N) is 1. The largest absolute Gasteiger partial charge is 0.377 e. The van der Waals surface area contributed by atoms with Gasteiger partial charge in [-0.3, -0.25) is 0 Å². The molecule has 0 aromatic carbocycles. The fourth-order valence-corrected chi connectivity index (χ4v) is 2.25. The highest BCUT2D eigenvalue weighted by Gasteiger charge is 2.36. The minimum absolute atomic E-state index is 0.631. The molecule has 0 saturated carbocycles. The highest BCUT2D eigenvalue weighted by atomic mass is 16.5. The average Bonchev–Trinajstić information content (AvgIpc) is 2.23. The molecule has 2 rings (SSSR count). The fraction of sp³-hybridized carbons (Fsp3) is 0.778. The molecule has 2 fully saturated rings. The van der Waals surface area contributed by atoms with Crippen LogP contribution in [0.15, 0.2) is 12.3 Å². The van der Waals surface area contributed by atoms with Crippen molar-refractivity contribution in [3.05, 3.63) is 12.3 Å². The molecule has 0 aromatic heterocycles. The summed E-state index contributed by atoms with van der Waals surface area (Å²) in [5.41, 5.74) is 1.21. The Labute approximate surface area is 67.8 Å². The Bertz CT molecular complexity index is 162. The van der Waals surface area contributed by atoms with Crippen molar-refractivity contribution in [3.63, 3.8) is 0 Å². The molecule has 0 spiro atoms. The van der Waals surface area contributed by atoms with Gasteiger partial charge < -0.3 is 9.64 Å². The molecule has 2 heteroatoms. The summed E-state index contributed by atoms with van der Waals surface area (Å²) in [6.45, 7) is 7.90.